The Labute approximate surface area is 144 Å². The first-order valence-electron chi connectivity index (χ1n) is 8.95. The smallest absolute Gasteiger partial charge is 0.249 e. The summed E-state index contributed by atoms with van der Waals surface area (Å²) in [5.41, 5.74) is 1.88. The molecule has 132 valence electrons. The van der Waals surface area contributed by atoms with E-state index < -0.39 is 6.10 Å². The summed E-state index contributed by atoms with van der Waals surface area (Å²) < 4.78 is 5.87. The van der Waals surface area contributed by atoms with E-state index >= 15 is 0 Å². The summed E-state index contributed by atoms with van der Waals surface area (Å²) in [6, 6.07) is 7.69. The second-order valence-electron chi connectivity index (χ2n) is 6.22. The third-order valence-corrected chi connectivity index (χ3v) is 4.42. The first-order chi connectivity index (χ1) is 11.6. The molecule has 0 aliphatic heterocycles. The van der Waals surface area contributed by atoms with Crippen molar-refractivity contribution in [1.29, 1.82) is 0 Å². The number of anilines is 1. The Kier molecular flexibility index (Phi) is 7.25. The number of nitrogens with one attached hydrogen (secondary N) is 2. The van der Waals surface area contributed by atoms with Crippen LogP contribution in [0, 0.1) is 0 Å². The Balaban J connectivity index is 1.80. The highest BCUT2D eigenvalue weighted by Gasteiger charge is 2.24. The van der Waals surface area contributed by atoms with Gasteiger partial charge >= 0.3 is 0 Å². The molecule has 1 aromatic rings. The number of carbonyl (C=O) groups excluding carboxylic acids is 2. The van der Waals surface area contributed by atoms with Crippen LogP contribution in [0.3, 0.4) is 0 Å². The predicted molar refractivity (Wildman–Crippen MR) is 94.9 cm³/mol. The highest BCUT2D eigenvalue weighted by Crippen LogP contribution is 2.23. The lowest BCUT2D eigenvalue weighted by Crippen LogP contribution is -2.41. The van der Waals surface area contributed by atoms with Gasteiger partial charge in [0.15, 0.2) is 0 Å². The van der Waals surface area contributed by atoms with Gasteiger partial charge in [-0.25, -0.2) is 0 Å². The van der Waals surface area contributed by atoms with Gasteiger partial charge in [-0.05, 0) is 37.3 Å². The zero-order valence-corrected chi connectivity index (χ0v) is 14.6. The van der Waals surface area contributed by atoms with Crippen molar-refractivity contribution in [3.63, 3.8) is 0 Å². The van der Waals surface area contributed by atoms with E-state index in [-0.39, 0.29) is 24.5 Å². The Hall–Kier alpha value is -1.88. The summed E-state index contributed by atoms with van der Waals surface area (Å²) >= 11 is 0. The van der Waals surface area contributed by atoms with Crippen LogP contribution in [0.5, 0.6) is 0 Å². The molecule has 0 unspecified atom stereocenters. The third kappa shape index (κ3) is 5.34. The molecule has 24 heavy (non-hydrogen) atoms. The second kappa shape index (κ2) is 9.42. The quantitative estimate of drug-likeness (QED) is 0.769. The number of ether oxygens (including phenoxy) is 1. The van der Waals surface area contributed by atoms with Crippen LogP contribution in [0.2, 0.25) is 0 Å². The van der Waals surface area contributed by atoms with Gasteiger partial charge in [0.2, 0.25) is 11.8 Å². The summed E-state index contributed by atoms with van der Waals surface area (Å²) in [4.78, 5) is 24.3. The molecule has 1 aromatic carbocycles. The van der Waals surface area contributed by atoms with Gasteiger partial charge in [0, 0.05) is 5.69 Å². The van der Waals surface area contributed by atoms with Crippen molar-refractivity contribution >= 4 is 17.5 Å². The topological polar surface area (TPSA) is 67.4 Å². The molecule has 1 fully saturated rings. The maximum atomic E-state index is 12.2. The first kappa shape index (κ1) is 18.5. The summed E-state index contributed by atoms with van der Waals surface area (Å²) in [5, 5.41) is 5.54. The summed E-state index contributed by atoms with van der Waals surface area (Å²) in [7, 11) is 0. The van der Waals surface area contributed by atoms with Crippen LogP contribution in [0.15, 0.2) is 24.3 Å². The molecule has 2 amide bonds. The minimum absolute atomic E-state index is 0.0403. The maximum Gasteiger partial charge on any atom is 0.249 e. The van der Waals surface area contributed by atoms with Crippen LogP contribution >= 0.6 is 0 Å². The number of hydrogen-bond acceptors (Lipinski definition) is 3. The second-order valence-corrected chi connectivity index (χ2v) is 6.22. The molecular formula is C19H28N2O3. The molecule has 0 saturated heterocycles. The molecule has 5 heteroatoms. The van der Waals surface area contributed by atoms with Crippen molar-refractivity contribution in [1.82, 2.24) is 5.32 Å². The Morgan fingerprint density at radius 1 is 1.21 bits per heavy atom. The molecule has 0 bridgehead atoms. The van der Waals surface area contributed by atoms with E-state index in [1.54, 1.807) is 0 Å². The zero-order chi connectivity index (χ0) is 17.4. The molecule has 1 aliphatic carbocycles. The lowest BCUT2D eigenvalue weighted by Gasteiger charge is -2.20. The molecule has 0 radical (unpaired) electrons. The molecular weight excluding hydrogens is 304 g/mol. The summed E-state index contributed by atoms with van der Waals surface area (Å²) in [6.07, 6.45) is 5.56. The average Bonchev–Trinajstić information content (AvgIpc) is 3.11. The van der Waals surface area contributed by atoms with Crippen LogP contribution in [0.25, 0.3) is 0 Å². The van der Waals surface area contributed by atoms with E-state index in [0.717, 1.165) is 30.5 Å². The fourth-order valence-electron chi connectivity index (χ4n) is 3.03. The van der Waals surface area contributed by atoms with Gasteiger partial charge in [-0.15, -0.1) is 0 Å². The zero-order valence-electron chi connectivity index (χ0n) is 14.6. The predicted octanol–water partition coefficient (Wildman–Crippen LogP) is 3.04. The molecule has 0 spiro atoms. The average molecular weight is 332 g/mol. The number of hydrogen-bond donors (Lipinski definition) is 2. The number of carbonyl (C=O) groups is 2. The monoisotopic (exact) mass is 332 g/mol. The van der Waals surface area contributed by atoms with Crippen molar-refractivity contribution in [3.05, 3.63) is 29.8 Å². The molecule has 0 aromatic heterocycles. The highest BCUT2D eigenvalue weighted by molar-refractivity contribution is 5.95. The maximum absolute atomic E-state index is 12.2. The Morgan fingerprint density at radius 3 is 2.58 bits per heavy atom. The number of benzene rings is 1. The standard InChI is InChI=1S/C19H28N2O3/c1-3-14-9-5-8-12-16(14)21-18(22)13-20-19(23)17(4-2)24-15-10-6-7-11-15/h5,8-9,12,15,17H,3-4,6-7,10-11,13H2,1-2H3,(H,20,23)(H,21,22)/t17-/m1/s1. The summed E-state index contributed by atoms with van der Waals surface area (Å²) in [5.74, 6) is -0.428. The van der Waals surface area contributed by atoms with Crippen LogP contribution in [0.4, 0.5) is 5.69 Å². The molecule has 2 rings (SSSR count). The summed E-state index contributed by atoms with van der Waals surface area (Å²) in [6.45, 7) is 3.93. The van der Waals surface area contributed by atoms with Gasteiger partial charge in [0.05, 0.1) is 12.6 Å². The SMILES string of the molecule is CCc1ccccc1NC(=O)CNC(=O)[C@@H](CC)OC1CCCC1. The Bertz CT molecular complexity index is 553. The molecule has 1 atom stereocenters. The number of para-hydroxylation sites is 1. The van der Waals surface area contributed by atoms with E-state index in [1.807, 2.05) is 38.1 Å². The van der Waals surface area contributed by atoms with Gasteiger partial charge in [-0.2, -0.15) is 0 Å². The van der Waals surface area contributed by atoms with E-state index in [9.17, 15) is 9.59 Å². The van der Waals surface area contributed by atoms with E-state index in [4.69, 9.17) is 4.74 Å². The fourth-order valence-corrected chi connectivity index (χ4v) is 3.03. The van der Waals surface area contributed by atoms with Crippen LogP contribution in [0.1, 0.15) is 51.5 Å². The van der Waals surface area contributed by atoms with Gasteiger partial charge in [0.25, 0.3) is 0 Å². The van der Waals surface area contributed by atoms with Crippen LogP contribution < -0.4 is 10.6 Å². The minimum atomic E-state index is -0.469. The normalized spacial score (nSPS) is 15.9. The molecule has 1 saturated carbocycles. The third-order valence-electron chi connectivity index (χ3n) is 4.42. The number of rotatable bonds is 8. The molecule has 2 N–H and O–H groups in total. The van der Waals surface area contributed by atoms with E-state index in [2.05, 4.69) is 10.6 Å². The lowest BCUT2D eigenvalue weighted by atomic mass is 10.1. The molecule has 5 nitrogen and oxygen atoms in total. The largest absolute Gasteiger partial charge is 0.365 e. The molecule has 1 aliphatic rings. The van der Waals surface area contributed by atoms with Gasteiger partial charge in [0.1, 0.15) is 6.10 Å². The van der Waals surface area contributed by atoms with Crippen molar-refractivity contribution in [2.75, 3.05) is 11.9 Å². The van der Waals surface area contributed by atoms with Crippen molar-refractivity contribution in [3.8, 4) is 0 Å². The molecule has 0 heterocycles. The first-order valence-corrected chi connectivity index (χ1v) is 8.95. The van der Waals surface area contributed by atoms with Crippen molar-refractivity contribution < 1.29 is 14.3 Å². The number of aryl methyl sites for hydroxylation is 1. The van der Waals surface area contributed by atoms with Gasteiger partial charge in [-0.3, -0.25) is 9.59 Å². The Morgan fingerprint density at radius 2 is 1.92 bits per heavy atom. The van der Waals surface area contributed by atoms with E-state index in [0.29, 0.717) is 6.42 Å². The number of amides is 2. The van der Waals surface area contributed by atoms with Gasteiger partial charge < -0.3 is 15.4 Å². The fraction of sp³-hybridized carbons (Fsp3) is 0.579. The van der Waals surface area contributed by atoms with Crippen LogP contribution in [-0.4, -0.2) is 30.6 Å². The lowest BCUT2D eigenvalue weighted by molar-refractivity contribution is -0.137. The van der Waals surface area contributed by atoms with E-state index in [1.165, 1.54) is 12.8 Å². The van der Waals surface area contributed by atoms with Crippen molar-refractivity contribution in [2.24, 2.45) is 0 Å². The highest BCUT2D eigenvalue weighted by atomic mass is 16.5. The van der Waals surface area contributed by atoms with Gasteiger partial charge in [-0.1, -0.05) is 44.9 Å². The van der Waals surface area contributed by atoms with Crippen LogP contribution in [-0.2, 0) is 20.7 Å². The van der Waals surface area contributed by atoms with Crippen molar-refractivity contribution in [2.45, 2.75) is 64.6 Å². The minimum Gasteiger partial charge on any atom is -0.365 e.